The zero-order chi connectivity index (χ0) is 21.3. The topological polar surface area (TPSA) is 93.5 Å². The van der Waals surface area contributed by atoms with E-state index in [0.29, 0.717) is 43.6 Å². The standard InChI is InChI=1S/C20H26N4O4S2/c1-14-3-4-16(13-18(14)30(26,27)23-9-11-28-12-10-23)22-19(25)15(2)29-20-21-7-8-24(20)17-5-6-17/h3-4,7-8,13,15,17H,5-6,9-12H2,1-2H3,(H,22,25). The predicted molar refractivity (Wildman–Crippen MR) is 115 cm³/mol. The number of carbonyl (C=O) groups excluding carboxylic acids is 1. The smallest absolute Gasteiger partial charge is 0.243 e. The molecule has 1 saturated heterocycles. The lowest BCUT2D eigenvalue weighted by Gasteiger charge is -2.27. The van der Waals surface area contributed by atoms with Gasteiger partial charge in [-0.1, -0.05) is 17.8 Å². The Kier molecular flexibility index (Phi) is 6.19. The number of carbonyl (C=O) groups is 1. The van der Waals surface area contributed by atoms with E-state index in [1.54, 1.807) is 31.3 Å². The molecule has 1 amide bonds. The van der Waals surface area contributed by atoms with E-state index < -0.39 is 10.0 Å². The third kappa shape index (κ3) is 4.56. The summed E-state index contributed by atoms with van der Waals surface area (Å²) in [5.41, 5.74) is 1.11. The highest BCUT2D eigenvalue weighted by atomic mass is 32.2. The predicted octanol–water partition coefficient (Wildman–Crippen LogP) is 2.67. The molecule has 30 heavy (non-hydrogen) atoms. The highest BCUT2D eigenvalue weighted by Crippen LogP contribution is 2.38. The molecule has 4 rings (SSSR count). The molecular weight excluding hydrogens is 424 g/mol. The molecule has 10 heteroatoms. The van der Waals surface area contributed by atoms with Crippen molar-refractivity contribution in [3.8, 4) is 0 Å². The fraction of sp³-hybridized carbons (Fsp3) is 0.500. The largest absolute Gasteiger partial charge is 0.379 e. The third-order valence-electron chi connectivity index (χ3n) is 5.27. The first-order valence-electron chi connectivity index (χ1n) is 10.0. The first-order chi connectivity index (χ1) is 14.4. The minimum atomic E-state index is -3.64. The average molecular weight is 451 g/mol. The highest BCUT2D eigenvalue weighted by molar-refractivity contribution is 8.00. The van der Waals surface area contributed by atoms with Crippen LogP contribution in [-0.4, -0.2) is 59.7 Å². The molecule has 1 aliphatic carbocycles. The van der Waals surface area contributed by atoms with E-state index >= 15 is 0 Å². The lowest BCUT2D eigenvalue weighted by molar-refractivity contribution is -0.115. The Morgan fingerprint density at radius 2 is 2.03 bits per heavy atom. The Bertz CT molecular complexity index is 1030. The van der Waals surface area contributed by atoms with Gasteiger partial charge < -0.3 is 14.6 Å². The Morgan fingerprint density at radius 3 is 2.73 bits per heavy atom. The van der Waals surface area contributed by atoms with Gasteiger partial charge >= 0.3 is 0 Å². The average Bonchev–Trinajstić information content (AvgIpc) is 3.48. The van der Waals surface area contributed by atoms with Gasteiger partial charge in [-0.25, -0.2) is 13.4 Å². The second-order valence-electron chi connectivity index (χ2n) is 7.59. The number of hydrogen-bond acceptors (Lipinski definition) is 6. The van der Waals surface area contributed by atoms with Crippen LogP contribution in [0.15, 0.2) is 40.6 Å². The summed E-state index contributed by atoms with van der Waals surface area (Å²) in [6, 6.07) is 5.49. The van der Waals surface area contributed by atoms with Gasteiger partial charge in [0.25, 0.3) is 0 Å². The van der Waals surface area contributed by atoms with E-state index in [4.69, 9.17) is 4.74 Å². The molecule has 1 saturated carbocycles. The van der Waals surface area contributed by atoms with Crippen molar-refractivity contribution in [1.29, 1.82) is 0 Å². The molecule has 1 unspecified atom stereocenters. The maximum absolute atomic E-state index is 13.0. The number of hydrogen-bond donors (Lipinski definition) is 1. The van der Waals surface area contributed by atoms with Crippen LogP contribution in [0.2, 0.25) is 0 Å². The van der Waals surface area contributed by atoms with Crippen molar-refractivity contribution < 1.29 is 17.9 Å². The lowest BCUT2D eigenvalue weighted by Crippen LogP contribution is -2.40. The van der Waals surface area contributed by atoms with Crippen molar-refractivity contribution in [2.24, 2.45) is 0 Å². The van der Waals surface area contributed by atoms with Crippen LogP contribution in [0.5, 0.6) is 0 Å². The second kappa shape index (κ2) is 8.70. The van der Waals surface area contributed by atoms with E-state index in [2.05, 4.69) is 14.9 Å². The molecule has 1 aromatic heterocycles. The number of sulfonamides is 1. The summed E-state index contributed by atoms with van der Waals surface area (Å²) in [7, 11) is -3.64. The molecule has 2 aliphatic rings. The summed E-state index contributed by atoms with van der Waals surface area (Å²) in [6.07, 6.45) is 6.00. The quantitative estimate of drug-likeness (QED) is 0.652. The van der Waals surface area contributed by atoms with Crippen LogP contribution in [-0.2, 0) is 19.6 Å². The zero-order valence-electron chi connectivity index (χ0n) is 17.1. The molecule has 2 heterocycles. The van der Waals surface area contributed by atoms with Crippen LogP contribution in [0, 0.1) is 6.92 Å². The third-order valence-corrected chi connectivity index (χ3v) is 8.40. The zero-order valence-corrected chi connectivity index (χ0v) is 18.7. The van der Waals surface area contributed by atoms with Gasteiger partial charge in [0.15, 0.2) is 5.16 Å². The Morgan fingerprint density at radius 1 is 1.30 bits per heavy atom. The number of aryl methyl sites for hydroxylation is 1. The summed E-state index contributed by atoms with van der Waals surface area (Å²) < 4.78 is 34.9. The van der Waals surface area contributed by atoms with Crippen molar-refractivity contribution in [2.75, 3.05) is 31.6 Å². The summed E-state index contributed by atoms with van der Waals surface area (Å²) in [6.45, 7) is 5.03. The molecule has 162 valence electrons. The first kappa shape index (κ1) is 21.4. The summed E-state index contributed by atoms with van der Waals surface area (Å²) in [5, 5.41) is 3.32. The maximum Gasteiger partial charge on any atom is 0.243 e. The Balaban J connectivity index is 1.47. The number of benzene rings is 1. The number of imidazole rings is 1. The monoisotopic (exact) mass is 450 g/mol. The first-order valence-corrected chi connectivity index (χ1v) is 12.4. The van der Waals surface area contributed by atoms with Crippen molar-refractivity contribution in [3.05, 3.63) is 36.2 Å². The maximum atomic E-state index is 13.0. The Labute approximate surface area is 181 Å². The lowest BCUT2D eigenvalue weighted by atomic mass is 10.2. The van der Waals surface area contributed by atoms with Gasteiger partial charge in [0.05, 0.1) is 23.4 Å². The van der Waals surface area contributed by atoms with Crippen LogP contribution < -0.4 is 5.32 Å². The molecule has 0 radical (unpaired) electrons. The van der Waals surface area contributed by atoms with Gasteiger partial charge in [0.2, 0.25) is 15.9 Å². The number of nitrogens with one attached hydrogen (secondary N) is 1. The molecule has 2 fully saturated rings. The number of nitrogens with zero attached hydrogens (tertiary/aromatic N) is 3. The number of rotatable bonds is 7. The van der Waals surface area contributed by atoms with Crippen molar-refractivity contribution in [2.45, 2.75) is 48.0 Å². The van der Waals surface area contributed by atoms with E-state index in [0.717, 1.165) is 18.0 Å². The van der Waals surface area contributed by atoms with Crippen molar-refractivity contribution in [1.82, 2.24) is 13.9 Å². The fourth-order valence-electron chi connectivity index (χ4n) is 3.36. The number of morpholine rings is 1. The van der Waals surface area contributed by atoms with Crippen molar-refractivity contribution in [3.63, 3.8) is 0 Å². The molecule has 0 spiro atoms. The number of ether oxygens (including phenoxy) is 1. The summed E-state index contributed by atoms with van der Waals surface area (Å²) in [4.78, 5) is 17.3. The van der Waals surface area contributed by atoms with Crippen LogP contribution in [0.25, 0.3) is 0 Å². The van der Waals surface area contributed by atoms with Gasteiger partial charge in [-0.05, 0) is 44.4 Å². The molecule has 8 nitrogen and oxygen atoms in total. The van der Waals surface area contributed by atoms with Gasteiger partial charge in [-0.2, -0.15) is 4.31 Å². The van der Waals surface area contributed by atoms with Crippen LogP contribution in [0.3, 0.4) is 0 Å². The SMILES string of the molecule is Cc1ccc(NC(=O)C(C)Sc2nccn2C2CC2)cc1S(=O)(=O)N1CCOCC1. The molecule has 1 N–H and O–H groups in total. The second-order valence-corrected chi connectivity index (χ2v) is 10.8. The normalized spacial score (nSPS) is 18.9. The molecule has 1 atom stereocenters. The van der Waals surface area contributed by atoms with Gasteiger partial charge in [-0.3, -0.25) is 4.79 Å². The van der Waals surface area contributed by atoms with E-state index in [9.17, 15) is 13.2 Å². The van der Waals surface area contributed by atoms with E-state index in [-0.39, 0.29) is 16.1 Å². The van der Waals surface area contributed by atoms with Gasteiger partial charge in [0.1, 0.15) is 0 Å². The molecule has 1 aliphatic heterocycles. The summed E-state index contributed by atoms with van der Waals surface area (Å²) in [5.74, 6) is -0.191. The van der Waals surface area contributed by atoms with Crippen LogP contribution in [0.1, 0.15) is 31.4 Å². The van der Waals surface area contributed by atoms with Crippen molar-refractivity contribution >= 4 is 33.4 Å². The minimum absolute atomic E-state index is 0.191. The number of amides is 1. The summed E-state index contributed by atoms with van der Waals surface area (Å²) >= 11 is 1.41. The number of thioether (sulfide) groups is 1. The Hall–Kier alpha value is -1.88. The van der Waals surface area contributed by atoms with Gasteiger partial charge in [-0.15, -0.1) is 0 Å². The number of anilines is 1. The number of aromatic nitrogens is 2. The highest BCUT2D eigenvalue weighted by Gasteiger charge is 2.29. The van der Waals surface area contributed by atoms with Crippen LogP contribution >= 0.6 is 11.8 Å². The molecule has 2 aromatic rings. The molecule has 1 aromatic carbocycles. The fourth-order valence-corrected chi connectivity index (χ4v) is 5.95. The molecule has 0 bridgehead atoms. The minimum Gasteiger partial charge on any atom is -0.379 e. The van der Waals surface area contributed by atoms with Crippen LogP contribution in [0.4, 0.5) is 5.69 Å². The van der Waals surface area contributed by atoms with Gasteiger partial charge in [0, 0.05) is 37.2 Å². The molecular formula is C20H26N4O4S2. The van der Waals surface area contributed by atoms with E-state index in [1.165, 1.54) is 16.1 Å². The van der Waals surface area contributed by atoms with E-state index in [1.807, 2.05) is 13.1 Å².